The van der Waals surface area contributed by atoms with E-state index in [4.69, 9.17) is 9.26 Å². The molecule has 0 N–H and O–H groups in total. The van der Waals surface area contributed by atoms with Crippen molar-refractivity contribution in [3.8, 4) is 17.0 Å². The van der Waals surface area contributed by atoms with Crippen LogP contribution in [0.4, 0.5) is 4.39 Å². The quantitative estimate of drug-likeness (QED) is 0.291. The normalized spacial score (nSPS) is 14.4. The van der Waals surface area contributed by atoms with Crippen molar-refractivity contribution in [1.82, 2.24) is 25.1 Å². The van der Waals surface area contributed by atoms with Crippen LogP contribution in [-0.2, 0) is 19.9 Å². The van der Waals surface area contributed by atoms with E-state index in [-0.39, 0.29) is 5.82 Å². The van der Waals surface area contributed by atoms with Crippen LogP contribution < -0.4 is 4.74 Å². The number of pyridine rings is 1. The van der Waals surface area contributed by atoms with Gasteiger partial charge in [0.1, 0.15) is 29.1 Å². The van der Waals surface area contributed by atoms with E-state index in [1.807, 2.05) is 26.0 Å². The molecule has 34 heavy (non-hydrogen) atoms. The molecule has 7 nitrogen and oxygen atoms in total. The fraction of sp³-hybridized carbons (Fsp3) is 0.360. The molecule has 0 radical (unpaired) electrons. The average Bonchev–Trinajstić information content (AvgIpc) is 3.38. The third-order valence-electron chi connectivity index (χ3n) is 5.95. The Morgan fingerprint density at radius 2 is 2.06 bits per heavy atom. The number of aromatic nitrogens is 5. The summed E-state index contributed by atoms with van der Waals surface area (Å²) in [5.41, 5.74) is 4.56. The highest BCUT2D eigenvalue weighted by Crippen LogP contribution is 2.35. The second-order valence-corrected chi connectivity index (χ2v) is 9.74. The van der Waals surface area contributed by atoms with Gasteiger partial charge in [0.05, 0.1) is 23.5 Å². The van der Waals surface area contributed by atoms with Crippen LogP contribution in [0.1, 0.15) is 54.3 Å². The molecular formula is C25H25BrFN5O2. The number of benzene rings is 1. The minimum absolute atomic E-state index is 0.344. The zero-order valence-corrected chi connectivity index (χ0v) is 20.8. The fourth-order valence-electron chi connectivity index (χ4n) is 4.04. The van der Waals surface area contributed by atoms with Crippen molar-refractivity contribution in [3.63, 3.8) is 0 Å². The molecule has 1 aliphatic rings. The van der Waals surface area contributed by atoms with Gasteiger partial charge in [-0.25, -0.2) is 4.39 Å². The van der Waals surface area contributed by atoms with Crippen molar-refractivity contribution in [2.24, 2.45) is 13.0 Å². The Morgan fingerprint density at radius 1 is 1.24 bits per heavy atom. The van der Waals surface area contributed by atoms with Gasteiger partial charge in [-0.15, -0.1) is 0 Å². The lowest BCUT2D eigenvalue weighted by Gasteiger charge is -2.19. The molecule has 4 aromatic rings. The molecule has 1 saturated carbocycles. The summed E-state index contributed by atoms with van der Waals surface area (Å²) in [5, 5.41) is 13.4. The lowest BCUT2D eigenvalue weighted by Crippen LogP contribution is -2.08. The second kappa shape index (κ2) is 9.29. The molecule has 3 heterocycles. The van der Waals surface area contributed by atoms with Gasteiger partial charge in [0, 0.05) is 34.9 Å². The summed E-state index contributed by atoms with van der Waals surface area (Å²) in [6, 6.07) is 8.49. The van der Waals surface area contributed by atoms with Gasteiger partial charge in [0.2, 0.25) is 0 Å². The highest BCUT2D eigenvalue weighted by atomic mass is 79.9. The highest BCUT2D eigenvalue weighted by Gasteiger charge is 2.25. The first-order chi connectivity index (χ1) is 16.4. The number of nitrogens with zero attached hydrogens (tertiary/aromatic N) is 5. The van der Waals surface area contributed by atoms with E-state index >= 15 is 0 Å². The van der Waals surface area contributed by atoms with E-state index in [0.717, 1.165) is 45.2 Å². The molecule has 5 rings (SSSR count). The lowest BCUT2D eigenvalue weighted by atomic mass is 9.98. The molecule has 1 fully saturated rings. The zero-order chi connectivity index (χ0) is 23.8. The lowest BCUT2D eigenvalue weighted by molar-refractivity contribution is 0.224. The van der Waals surface area contributed by atoms with Crippen LogP contribution in [0.15, 0.2) is 45.5 Å². The molecule has 9 heteroatoms. The number of hydrogen-bond acceptors (Lipinski definition) is 6. The summed E-state index contributed by atoms with van der Waals surface area (Å²) < 4.78 is 26.9. The predicted octanol–water partition coefficient (Wildman–Crippen LogP) is 5.76. The summed E-state index contributed by atoms with van der Waals surface area (Å²) in [5.74, 6) is 1.75. The number of halogens is 2. The van der Waals surface area contributed by atoms with Gasteiger partial charge in [-0.1, -0.05) is 5.16 Å². The molecule has 176 valence electrons. The average molecular weight is 526 g/mol. The first-order valence-electron chi connectivity index (χ1n) is 11.3. The van der Waals surface area contributed by atoms with Gasteiger partial charge in [0.25, 0.3) is 0 Å². The van der Waals surface area contributed by atoms with Gasteiger partial charge < -0.3 is 9.26 Å². The van der Waals surface area contributed by atoms with E-state index in [0.29, 0.717) is 23.4 Å². The van der Waals surface area contributed by atoms with Crippen LogP contribution in [0, 0.1) is 18.7 Å². The first-order valence-corrected chi connectivity index (χ1v) is 12.1. The Morgan fingerprint density at radius 3 is 2.85 bits per heavy atom. The van der Waals surface area contributed by atoms with E-state index < -0.39 is 6.10 Å². The van der Waals surface area contributed by atoms with Crippen molar-refractivity contribution >= 4 is 15.9 Å². The molecule has 0 spiro atoms. The van der Waals surface area contributed by atoms with Crippen LogP contribution in [0.2, 0.25) is 0 Å². The van der Waals surface area contributed by atoms with Crippen LogP contribution in [0.5, 0.6) is 5.75 Å². The Kier molecular flexibility index (Phi) is 6.20. The van der Waals surface area contributed by atoms with Crippen LogP contribution in [0.3, 0.4) is 0 Å². The molecule has 3 aromatic heterocycles. The first kappa shape index (κ1) is 22.7. The Bertz CT molecular complexity index is 1330. The SMILES string of the molecule is Cc1ncc(Br)cc1O[C@H](C)c1cc(F)ccc1-c1nn(C)nc1Cc1cc(CC2CC2)no1. The Balaban J connectivity index is 1.46. The van der Waals surface area contributed by atoms with Gasteiger partial charge in [-0.2, -0.15) is 15.0 Å². The van der Waals surface area contributed by atoms with E-state index in [1.54, 1.807) is 19.3 Å². The number of ether oxygens (including phenoxy) is 1. The number of aryl methyl sites for hydroxylation is 2. The maximum atomic E-state index is 14.3. The maximum absolute atomic E-state index is 14.3. The topological polar surface area (TPSA) is 78.9 Å². The molecule has 0 saturated heterocycles. The highest BCUT2D eigenvalue weighted by molar-refractivity contribution is 9.10. The predicted molar refractivity (Wildman–Crippen MR) is 128 cm³/mol. The second-order valence-electron chi connectivity index (χ2n) is 8.82. The standard InChI is InChI=1S/C25H25BrFN5O2/c1-14-24(9-17(26)13-28-14)33-15(2)22-10-18(27)6-7-21(22)25-23(29-32(3)30-25)12-20-11-19(31-34-20)8-16-4-5-16/h6-7,9-11,13,15-16H,4-5,8,12H2,1-3H3/t15-/m1/s1. The minimum atomic E-state index is -0.453. The molecule has 0 aliphatic heterocycles. The minimum Gasteiger partial charge on any atom is -0.484 e. The number of rotatable bonds is 8. The third kappa shape index (κ3) is 5.04. The monoisotopic (exact) mass is 525 g/mol. The zero-order valence-electron chi connectivity index (χ0n) is 19.3. The molecule has 0 bridgehead atoms. The number of hydrogen-bond donors (Lipinski definition) is 0. The van der Waals surface area contributed by atoms with E-state index in [1.165, 1.54) is 29.8 Å². The van der Waals surface area contributed by atoms with Crippen LogP contribution >= 0.6 is 15.9 Å². The van der Waals surface area contributed by atoms with Gasteiger partial charge in [-0.05, 0) is 79.2 Å². The largest absolute Gasteiger partial charge is 0.484 e. The van der Waals surface area contributed by atoms with Crippen molar-refractivity contribution in [2.45, 2.75) is 45.6 Å². The van der Waals surface area contributed by atoms with Gasteiger partial charge in [-0.3, -0.25) is 4.98 Å². The molecule has 0 amide bonds. The van der Waals surface area contributed by atoms with Crippen molar-refractivity contribution in [2.75, 3.05) is 0 Å². The molecule has 1 atom stereocenters. The van der Waals surface area contributed by atoms with Crippen molar-refractivity contribution in [1.29, 1.82) is 0 Å². The van der Waals surface area contributed by atoms with Crippen LogP contribution in [0.25, 0.3) is 11.3 Å². The Hall–Kier alpha value is -3.07. The summed E-state index contributed by atoms with van der Waals surface area (Å²) in [7, 11) is 1.77. The molecule has 0 unspecified atom stereocenters. The van der Waals surface area contributed by atoms with Crippen LogP contribution in [-0.4, -0.2) is 25.1 Å². The molecule has 1 aromatic carbocycles. The summed E-state index contributed by atoms with van der Waals surface area (Å²) >= 11 is 3.43. The smallest absolute Gasteiger partial charge is 0.143 e. The third-order valence-corrected chi connectivity index (χ3v) is 6.38. The molecular weight excluding hydrogens is 501 g/mol. The van der Waals surface area contributed by atoms with E-state index in [9.17, 15) is 4.39 Å². The van der Waals surface area contributed by atoms with Crippen molar-refractivity contribution in [3.05, 3.63) is 75.2 Å². The van der Waals surface area contributed by atoms with E-state index in [2.05, 4.69) is 36.3 Å². The summed E-state index contributed by atoms with van der Waals surface area (Å²) in [6.45, 7) is 3.76. The van der Waals surface area contributed by atoms with Gasteiger partial charge >= 0.3 is 0 Å². The van der Waals surface area contributed by atoms with Gasteiger partial charge in [0.15, 0.2) is 0 Å². The van der Waals surface area contributed by atoms with Crippen molar-refractivity contribution < 1.29 is 13.7 Å². The fourth-order valence-corrected chi connectivity index (χ4v) is 4.35. The summed E-state index contributed by atoms with van der Waals surface area (Å²) in [6.07, 6.45) is 5.19. The Labute approximate surface area is 205 Å². The summed E-state index contributed by atoms with van der Waals surface area (Å²) in [4.78, 5) is 5.84. The molecule has 1 aliphatic carbocycles. The maximum Gasteiger partial charge on any atom is 0.143 e.